The molecule has 0 bridgehead atoms. The van der Waals surface area contributed by atoms with Crippen LogP contribution in [0.2, 0.25) is 10.2 Å². The minimum Gasteiger partial charge on any atom is -0.507 e. The number of halogens is 2. The van der Waals surface area contributed by atoms with E-state index in [4.69, 9.17) is 23.2 Å². The maximum absolute atomic E-state index is 13.3. The predicted octanol–water partition coefficient (Wildman–Crippen LogP) is 5.73. The molecule has 0 fully saturated rings. The number of rotatable bonds is 9. The fourth-order valence-corrected chi connectivity index (χ4v) is 5.13. The lowest BCUT2D eigenvalue weighted by molar-refractivity contribution is -0.137. The van der Waals surface area contributed by atoms with Crippen molar-refractivity contribution in [3.05, 3.63) is 116 Å². The number of nitrogens with one attached hydrogen (secondary N) is 4. The van der Waals surface area contributed by atoms with E-state index in [1.807, 2.05) is 30.3 Å². The molecule has 214 valence electrons. The second kappa shape index (κ2) is 12.4. The standard InChI is InChI=1S/C30H25Cl2N5O5/c31-19-8-4-7-17(12-19)22(14-26(40)41)34-30(42)35-23(11-16-5-2-1-3-6-16)29-36-27(28(32)37-29)18-9-10-21-20(13-18)24(38)15-25(39)33-21/h1-10,12-13,15,22-23H,11,14H2,(H,36,37)(H,40,41)(H2,33,38,39)(H2,34,35,42)/t22?,23-/m0/s1. The van der Waals surface area contributed by atoms with Gasteiger partial charge in [0.2, 0.25) is 0 Å². The zero-order valence-corrected chi connectivity index (χ0v) is 23.4. The summed E-state index contributed by atoms with van der Waals surface area (Å²) in [5, 5.41) is 26.4. The van der Waals surface area contributed by atoms with Gasteiger partial charge in [0.1, 0.15) is 22.4 Å². The SMILES string of the molecule is O=C(O)CC(NC(=O)N[C@@H](Cc1ccccc1)c1nc(-c2ccc3[nH]c(=O)cc(O)c3c2)c(Cl)[nH]1)c1cccc(Cl)c1. The Morgan fingerprint density at radius 2 is 1.67 bits per heavy atom. The molecule has 42 heavy (non-hydrogen) atoms. The van der Waals surface area contributed by atoms with Crippen LogP contribution in [-0.2, 0) is 11.2 Å². The average Bonchev–Trinajstić information content (AvgIpc) is 3.34. The van der Waals surface area contributed by atoms with Crippen molar-refractivity contribution < 1.29 is 19.8 Å². The van der Waals surface area contributed by atoms with Gasteiger partial charge in [0.15, 0.2) is 0 Å². The fraction of sp³-hybridized carbons (Fsp3) is 0.133. The number of H-pyrrole nitrogens is 2. The molecule has 2 heterocycles. The summed E-state index contributed by atoms with van der Waals surface area (Å²) in [6.07, 6.45) is -0.00797. The average molecular weight is 606 g/mol. The van der Waals surface area contributed by atoms with Gasteiger partial charge in [-0.2, -0.15) is 0 Å². The number of nitrogens with zero attached hydrogens (tertiary/aromatic N) is 1. The van der Waals surface area contributed by atoms with E-state index >= 15 is 0 Å². The molecular formula is C30H25Cl2N5O5. The number of carbonyl (C=O) groups excluding carboxylic acids is 1. The Labute approximate surface area is 249 Å². The molecule has 0 aliphatic carbocycles. The Kier molecular flexibility index (Phi) is 8.46. The van der Waals surface area contributed by atoms with E-state index in [1.165, 1.54) is 0 Å². The molecular weight excluding hydrogens is 581 g/mol. The highest BCUT2D eigenvalue weighted by Crippen LogP contribution is 2.32. The Bertz CT molecular complexity index is 1820. The number of carboxylic acid groups (broad SMARTS) is 1. The van der Waals surface area contributed by atoms with Crippen LogP contribution in [0.25, 0.3) is 22.2 Å². The summed E-state index contributed by atoms with van der Waals surface area (Å²) in [6, 6.07) is 20.0. The maximum atomic E-state index is 13.3. The van der Waals surface area contributed by atoms with Gasteiger partial charge < -0.3 is 30.8 Å². The lowest BCUT2D eigenvalue weighted by Crippen LogP contribution is -2.41. The lowest BCUT2D eigenvalue weighted by Gasteiger charge is -2.22. The van der Waals surface area contributed by atoms with Crippen LogP contribution in [0.1, 0.15) is 35.5 Å². The van der Waals surface area contributed by atoms with Crippen molar-refractivity contribution >= 4 is 46.1 Å². The number of carbonyl (C=O) groups is 2. The van der Waals surface area contributed by atoms with Crippen LogP contribution >= 0.6 is 23.2 Å². The van der Waals surface area contributed by atoms with E-state index in [1.54, 1.807) is 42.5 Å². The highest BCUT2D eigenvalue weighted by atomic mass is 35.5. The topological polar surface area (TPSA) is 160 Å². The van der Waals surface area contributed by atoms with Gasteiger partial charge in [-0.3, -0.25) is 9.59 Å². The van der Waals surface area contributed by atoms with Crippen molar-refractivity contribution in [2.45, 2.75) is 24.9 Å². The van der Waals surface area contributed by atoms with Gasteiger partial charge in [0.25, 0.3) is 5.56 Å². The number of fused-ring (bicyclic) bond motifs is 1. The van der Waals surface area contributed by atoms with Gasteiger partial charge in [-0.05, 0) is 41.8 Å². The second-order valence-electron chi connectivity index (χ2n) is 9.63. The summed E-state index contributed by atoms with van der Waals surface area (Å²) in [6.45, 7) is 0. The number of carboxylic acids is 1. The van der Waals surface area contributed by atoms with Gasteiger partial charge in [0.05, 0.1) is 24.0 Å². The molecule has 0 saturated heterocycles. The number of hydrogen-bond donors (Lipinski definition) is 6. The van der Waals surface area contributed by atoms with Crippen LogP contribution in [-0.4, -0.2) is 37.2 Å². The Morgan fingerprint density at radius 1 is 0.905 bits per heavy atom. The van der Waals surface area contributed by atoms with Crippen LogP contribution < -0.4 is 16.2 Å². The molecule has 0 radical (unpaired) electrons. The molecule has 0 aliphatic rings. The number of pyridine rings is 1. The Balaban J connectivity index is 1.45. The second-order valence-corrected chi connectivity index (χ2v) is 10.4. The number of aromatic nitrogens is 3. The van der Waals surface area contributed by atoms with Crippen molar-refractivity contribution in [1.82, 2.24) is 25.6 Å². The fourth-order valence-electron chi connectivity index (χ4n) is 4.68. The summed E-state index contributed by atoms with van der Waals surface area (Å²) in [5.74, 6) is -0.912. The molecule has 1 unspecified atom stereocenters. The number of aromatic amines is 2. The minimum atomic E-state index is -1.09. The first kappa shape index (κ1) is 28.7. The first-order valence-corrected chi connectivity index (χ1v) is 13.6. The molecule has 5 rings (SSSR count). The largest absolute Gasteiger partial charge is 0.507 e. The Hall–Kier alpha value is -4.80. The van der Waals surface area contributed by atoms with E-state index in [9.17, 15) is 24.6 Å². The quantitative estimate of drug-likeness (QED) is 0.126. The van der Waals surface area contributed by atoms with Gasteiger partial charge in [0, 0.05) is 22.0 Å². The van der Waals surface area contributed by atoms with Crippen LogP contribution in [0.4, 0.5) is 4.79 Å². The normalized spacial score (nSPS) is 12.5. The predicted molar refractivity (Wildman–Crippen MR) is 160 cm³/mol. The van der Waals surface area contributed by atoms with Crippen molar-refractivity contribution in [3.63, 3.8) is 0 Å². The van der Waals surface area contributed by atoms with Crippen molar-refractivity contribution in [1.29, 1.82) is 0 Å². The number of aliphatic carboxylic acids is 1. The molecule has 12 heteroatoms. The number of imidazole rings is 1. The molecule has 6 N–H and O–H groups in total. The van der Waals surface area contributed by atoms with E-state index in [2.05, 4.69) is 25.6 Å². The minimum absolute atomic E-state index is 0.182. The number of aromatic hydroxyl groups is 1. The number of urea groups is 1. The van der Waals surface area contributed by atoms with E-state index in [0.717, 1.165) is 11.6 Å². The van der Waals surface area contributed by atoms with Gasteiger partial charge >= 0.3 is 12.0 Å². The van der Waals surface area contributed by atoms with Crippen molar-refractivity contribution in [3.8, 4) is 17.0 Å². The van der Waals surface area contributed by atoms with Crippen LogP contribution in [0, 0.1) is 0 Å². The third-order valence-electron chi connectivity index (χ3n) is 6.63. The monoisotopic (exact) mass is 605 g/mol. The van der Waals surface area contributed by atoms with E-state index in [0.29, 0.717) is 45.0 Å². The molecule has 5 aromatic rings. The molecule has 2 aromatic heterocycles. The lowest BCUT2D eigenvalue weighted by atomic mass is 10.0. The van der Waals surface area contributed by atoms with Crippen LogP contribution in [0.5, 0.6) is 5.75 Å². The molecule has 3 aromatic carbocycles. The number of benzene rings is 3. The van der Waals surface area contributed by atoms with Crippen LogP contribution in [0.15, 0.2) is 83.7 Å². The highest BCUT2D eigenvalue weighted by molar-refractivity contribution is 6.32. The number of hydrogen-bond acceptors (Lipinski definition) is 5. The zero-order chi connectivity index (χ0) is 29.8. The highest BCUT2D eigenvalue weighted by Gasteiger charge is 2.24. The maximum Gasteiger partial charge on any atom is 0.315 e. The van der Waals surface area contributed by atoms with E-state index in [-0.39, 0.29) is 17.3 Å². The molecule has 2 amide bonds. The third-order valence-corrected chi connectivity index (χ3v) is 7.13. The molecule has 2 atom stereocenters. The molecule has 0 spiro atoms. The summed E-state index contributed by atoms with van der Waals surface area (Å²) in [5.41, 5.74) is 2.43. The first-order chi connectivity index (χ1) is 20.2. The van der Waals surface area contributed by atoms with Gasteiger partial charge in [-0.15, -0.1) is 0 Å². The molecule has 10 nitrogen and oxygen atoms in total. The summed E-state index contributed by atoms with van der Waals surface area (Å²) >= 11 is 12.7. The van der Waals surface area contributed by atoms with Crippen LogP contribution in [0.3, 0.4) is 0 Å². The first-order valence-electron chi connectivity index (χ1n) is 12.9. The zero-order valence-electron chi connectivity index (χ0n) is 21.9. The summed E-state index contributed by atoms with van der Waals surface area (Å²) in [7, 11) is 0. The summed E-state index contributed by atoms with van der Waals surface area (Å²) < 4.78 is 0. The van der Waals surface area contributed by atoms with Gasteiger partial charge in [-0.1, -0.05) is 71.7 Å². The summed E-state index contributed by atoms with van der Waals surface area (Å²) in [4.78, 5) is 46.9. The van der Waals surface area contributed by atoms with Crippen molar-refractivity contribution in [2.75, 3.05) is 0 Å². The molecule has 0 aliphatic heterocycles. The number of amides is 2. The smallest absolute Gasteiger partial charge is 0.315 e. The Morgan fingerprint density at radius 3 is 2.40 bits per heavy atom. The third kappa shape index (κ3) is 6.73. The molecule has 0 saturated carbocycles. The van der Waals surface area contributed by atoms with E-state index < -0.39 is 29.6 Å². The van der Waals surface area contributed by atoms with Crippen molar-refractivity contribution in [2.24, 2.45) is 0 Å². The van der Waals surface area contributed by atoms with Gasteiger partial charge in [-0.25, -0.2) is 9.78 Å².